The lowest BCUT2D eigenvalue weighted by molar-refractivity contribution is -0.124. The van der Waals surface area contributed by atoms with Crippen LogP contribution in [0.25, 0.3) is 0 Å². The Labute approximate surface area is 162 Å². The zero-order chi connectivity index (χ0) is 18.5. The van der Waals surface area contributed by atoms with E-state index in [-0.39, 0.29) is 23.5 Å². The Kier molecular flexibility index (Phi) is 4.25. The summed E-state index contributed by atoms with van der Waals surface area (Å²) in [6.45, 7) is 6.10. The van der Waals surface area contributed by atoms with Crippen molar-refractivity contribution < 1.29 is 9.53 Å². The molecule has 1 saturated carbocycles. The Hall–Kier alpha value is -1.62. The Morgan fingerprint density at radius 1 is 1.31 bits per heavy atom. The summed E-state index contributed by atoms with van der Waals surface area (Å²) in [5, 5.41) is 3.88. The van der Waals surface area contributed by atoms with Gasteiger partial charge in [-0.3, -0.25) is 9.79 Å². The van der Waals surface area contributed by atoms with Crippen LogP contribution in [0.2, 0.25) is 10.0 Å². The molecule has 2 saturated heterocycles. The first-order valence-corrected chi connectivity index (χ1v) is 9.47. The number of carbonyl (C=O) groups is 1. The molecular weight excluding hydrogens is 371 g/mol. The smallest absolute Gasteiger partial charge is 0.234 e. The van der Waals surface area contributed by atoms with E-state index >= 15 is 0 Å². The summed E-state index contributed by atoms with van der Waals surface area (Å²) in [6, 6.07) is 5.10. The molecule has 0 unspecified atom stereocenters. The fourth-order valence-corrected chi connectivity index (χ4v) is 5.08. The summed E-state index contributed by atoms with van der Waals surface area (Å²) in [5.41, 5.74) is 0.675. The highest BCUT2D eigenvalue weighted by atomic mass is 35.5. The summed E-state index contributed by atoms with van der Waals surface area (Å²) in [6.07, 6.45) is 7.98. The van der Waals surface area contributed by atoms with E-state index in [4.69, 9.17) is 27.9 Å². The molecular formula is C20H20Cl2N2O2. The molecule has 6 heteroatoms. The minimum Gasteiger partial charge on any atom is -0.373 e. The van der Waals surface area contributed by atoms with Crippen molar-refractivity contribution >= 4 is 41.0 Å². The van der Waals surface area contributed by atoms with Gasteiger partial charge in [0.1, 0.15) is 0 Å². The molecule has 0 spiro atoms. The van der Waals surface area contributed by atoms with E-state index in [0.717, 1.165) is 24.8 Å². The number of hydrogen-bond donors (Lipinski definition) is 1. The lowest BCUT2D eigenvalue weighted by Crippen LogP contribution is -2.38. The number of nitrogens with zero attached hydrogens (tertiary/aromatic N) is 1. The lowest BCUT2D eigenvalue weighted by atomic mass is 9.75. The number of benzene rings is 1. The molecule has 3 fully saturated rings. The Balaban J connectivity index is 1.61. The van der Waals surface area contributed by atoms with Crippen molar-refractivity contribution in [2.45, 2.75) is 38.4 Å². The molecule has 4 rings (SSSR count). The molecule has 1 amide bonds. The van der Waals surface area contributed by atoms with Crippen molar-refractivity contribution in [3.05, 3.63) is 52.7 Å². The van der Waals surface area contributed by atoms with Gasteiger partial charge in [0, 0.05) is 23.5 Å². The molecule has 0 radical (unpaired) electrons. The summed E-state index contributed by atoms with van der Waals surface area (Å²) in [4.78, 5) is 17.4. The van der Waals surface area contributed by atoms with Crippen LogP contribution in [0.1, 0.15) is 26.2 Å². The van der Waals surface area contributed by atoms with Crippen molar-refractivity contribution in [1.29, 1.82) is 0 Å². The van der Waals surface area contributed by atoms with Gasteiger partial charge in [0.05, 0.1) is 27.7 Å². The molecule has 2 aliphatic heterocycles. The first kappa shape index (κ1) is 17.8. The van der Waals surface area contributed by atoms with Gasteiger partial charge >= 0.3 is 0 Å². The molecule has 26 heavy (non-hydrogen) atoms. The largest absolute Gasteiger partial charge is 0.373 e. The maximum atomic E-state index is 13.2. The third-order valence-electron chi connectivity index (χ3n) is 6.01. The normalized spacial score (nSPS) is 34.4. The molecule has 2 heterocycles. The van der Waals surface area contributed by atoms with E-state index < -0.39 is 5.41 Å². The highest BCUT2D eigenvalue weighted by Crippen LogP contribution is 2.80. The van der Waals surface area contributed by atoms with Gasteiger partial charge in [-0.05, 0) is 56.0 Å². The fraction of sp³-hybridized carbons (Fsp3) is 0.400. The molecule has 1 aliphatic carbocycles. The van der Waals surface area contributed by atoms with Gasteiger partial charge in [-0.25, -0.2) is 0 Å². The molecule has 4 nitrogen and oxygen atoms in total. The van der Waals surface area contributed by atoms with Crippen LogP contribution in [-0.4, -0.2) is 24.3 Å². The van der Waals surface area contributed by atoms with E-state index in [1.807, 2.05) is 13.0 Å². The standard InChI is InChI=1S/C20H20Cl2N2O2/c1-3-23-9-8-12(2)19-11-20(19,17-7-6-16(19)26-17)18(25)24-13-4-5-14(21)15(22)10-13/h3-5,8-10,16-17H,2,6-7,11H2,1H3,(H,24,25)/b9-8-,23-3-/t16-,17+,19+,20+/m0/s1. The minimum absolute atomic E-state index is 0.0309. The zero-order valence-electron chi connectivity index (χ0n) is 14.5. The van der Waals surface area contributed by atoms with Crippen LogP contribution in [0.4, 0.5) is 5.69 Å². The fourth-order valence-electron chi connectivity index (χ4n) is 4.78. The van der Waals surface area contributed by atoms with Gasteiger partial charge in [-0.15, -0.1) is 0 Å². The molecule has 1 aromatic carbocycles. The van der Waals surface area contributed by atoms with Crippen molar-refractivity contribution in [2.24, 2.45) is 15.8 Å². The third-order valence-corrected chi connectivity index (χ3v) is 6.75. The van der Waals surface area contributed by atoms with Crippen molar-refractivity contribution in [3.8, 4) is 0 Å². The second kappa shape index (κ2) is 6.22. The monoisotopic (exact) mass is 390 g/mol. The van der Waals surface area contributed by atoms with Crippen LogP contribution in [0.15, 0.2) is 47.6 Å². The van der Waals surface area contributed by atoms with Crippen LogP contribution >= 0.6 is 23.2 Å². The third kappa shape index (κ3) is 2.32. The number of aliphatic imine (C=N–C) groups is 1. The highest BCUT2D eigenvalue weighted by molar-refractivity contribution is 6.42. The van der Waals surface area contributed by atoms with E-state index in [9.17, 15) is 4.79 Å². The SMILES string of the molecule is C=C(/C=C\N=C/C)[C@@]12C[C@]1(C(=O)Nc1ccc(Cl)c(Cl)c1)[C@H]1CC[C@@H]2O1. The highest BCUT2D eigenvalue weighted by Gasteiger charge is 2.85. The second-order valence-electron chi connectivity index (χ2n) is 7.14. The number of fused-ring (bicyclic) bond motifs is 5. The van der Waals surface area contributed by atoms with Gasteiger partial charge in [-0.2, -0.15) is 0 Å². The van der Waals surface area contributed by atoms with E-state index in [1.54, 1.807) is 30.6 Å². The summed E-state index contributed by atoms with van der Waals surface area (Å²) in [7, 11) is 0. The molecule has 4 atom stereocenters. The number of hydrogen-bond acceptors (Lipinski definition) is 3. The average molecular weight is 391 g/mol. The number of allylic oxidation sites excluding steroid dienone is 1. The average Bonchev–Trinajstić information content (AvgIpc) is 3.03. The van der Waals surface area contributed by atoms with E-state index in [2.05, 4.69) is 16.9 Å². The van der Waals surface area contributed by atoms with Crippen LogP contribution in [-0.2, 0) is 9.53 Å². The van der Waals surface area contributed by atoms with Gasteiger partial charge < -0.3 is 10.1 Å². The van der Waals surface area contributed by atoms with E-state index in [1.165, 1.54) is 0 Å². The Bertz CT molecular complexity index is 850. The topological polar surface area (TPSA) is 50.7 Å². The Morgan fingerprint density at radius 3 is 2.73 bits per heavy atom. The molecule has 136 valence electrons. The van der Waals surface area contributed by atoms with Crippen molar-refractivity contribution in [2.75, 3.05) is 5.32 Å². The van der Waals surface area contributed by atoms with Crippen molar-refractivity contribution in [1.82, 2.24) is 0 Å². The summed E-state index contributed by atoms with van der Waals surface area (Å²) < 4.78 is 6.13. The number of carbonyl (C=O) groups excluding carboxylic acids is 1. The molecule has 2 bridgehead atoms. The molecule has 1 N–H and O–H groups in total. The predicted octanol–water partition coefficient (Wildman–Crippen LogP) is 5.03. The van der Waals surface area contributed by atoms with Crippen LogP contribution < -0.4 is 5.32 Å². The van der Waals surface area contributed by atoms with Crippen LogP contribution in [0.5, 0.6) is 0 Å². The quantitative estimate of drug-likeness (QED) is 0.565. The predicted molar refractivity (Wildman–Crippen MR) is 105 cm³/mol. The number of nitrogens with one attached hydrogen (secondary N) is 1. The molecule has 3 aliphatic rings. The number of rotatable bonds is 5. The molecule has 0 aromatic heterocycles. The summed E-state index contributed by atoms with van der Waals surface area (Å²) >= 11 is 12.0. The van der Waals surface area contributed by atoms with Gasteiger partial charge in [0.2, 0.25) is 5.91 Å². The number of halogens is 2. The maximum Gasteiger partial charge on any atom is 0.234 e. The van der Waals surface area contributed by atoms with E-state index in [0.29, 0.717) is 15.7 Å². The van der Waals surface area contributed by atoms with Gasteiger partial charge in [0.15, 0.2) is 0 Å². The number of ether oxygens (including phenoxy) is 1. The number of amides is 1. The summed E-state index contributed by atoms with van der Waals surface area (Å²) in [5.74, 6) is -0.0309. The lowest BCUT2D eigenvalue weighted by Gasteiger charge is -2.27. The minimum atomic E-state index is -0.556. The van der Waals surface area contributed by atoms with Gasteiger partial charge in [0.25, 0.3) is 0 Å². The second-order valence-corrected chi connectivity index (χ2v) is 7.96. The first-order valence-electron chi connectivity index (χ1n) is 8.71. The molecule has 1 aromatic rings. The van der Waals surface area contributed by atoms with Crippen molar-refractivity contribution in [3.63, 3.8) is 0 Å². The maximum absolute atomic E-state index is 13.2. The number of anilines is 1. The first-order chi connectivity index (χ1) is 12.5. The zero-order valence-corrected chi connectivity index (χ0v) is 16.0. The van der Waals surface area contributed by atoms with Gasteiger partial charge in [-0.1, -0.05) is 29.8 Å². The van der Waals surface area contributed by atoms with Crippen LogP contribution in [0.3, 0.4) is 0 Å². The van der Waals surface area contributed by atoms with Crippen LogP contribution in [0, 0.1) is 10.8 Å². The Morgan fingerprint density at radius 2 is 2.04 bits per heavy atom.